The number of amides is 1. The second-order valence-corrected chi connectivity index (χ2v) is 8.33. The quantitative estimate of drug-likeness (QED) is 0.761. The van der Waals surface area contributed by atoms with Crippen molar-refractivity contribution in [1.29, 1.82) is 0 Å². The molecule has 25 heavy (non-hydrogen) atoms. The van der Waals surface area contributed by atoms with Gasteiger partial charge < -0.3 is 9.64 Å². The van der Waals surface area contributed by atoms with Gasteiger partial charge >= 0.3 is 0 Å². The summed E-state index contributed by atoms with van der Waals surface area (Å²) < 4.78 is 31.4. The third-order valence-electron chi connectivity index (χ3n) is 4.62. The molecule has 1 aromatic rings. The highest BCUT2D eigenvalue weighted by Gasteiger charge is 2.16. The first kappa shape index (κ1) is 19.9. The Morgan fingerprint density at radius 3 is 2.60 bits per heavy atom. The monoisotopic (exact) mass is 368 g/mol. The maximum atomic E-state index is 12.2. The zero-order chi connectivity index (χ0) is 18.3. The van der Waals surface area contributed by atoms with Gasteiger partial charge in [-0.15, -0.1) is 0 Å². The van der Waals surface area contributed by atoms with Gasteiger partial charge in [-0.05, 0) is 56.8 Å². The predicted octanol–water partition coefficient (Wildman–Crippen LogP) is 1.94. The molecule has 2 rings (SSSR count). The van der Waals surface area contributed by atoms with E-state index in [0.717, 1.165) is 31.4 Å². The summed E-state index contributed by atoms with van der Waals surface area (Å²) in [7, 11) is -0.203. The number of nitrogens with zero attached hydrogens (tertiary/aromatic N) is 1. The van der Waals surface area contributed by atoms with Crippen molar-refractivity contribution in [2.24, 2.45) is 0 Å². The normalized spacial score (nSPS) is 18.1. The Balaban J connectivity index is 1.76. The highest BCUT2D eigenvalue weighted by molar-refractivity contribution is 7.89. The molecule has 1 N–H and O–H groups in total. The summed E-state index contributed by atoms with van der Waals surface area (Å²) in [5.74, 6) is 0.0998. The van der Waals surface area contributed by atoms with Crippen molar-refractivity contribution in [3.05, 3.63) is 29.8 Å². The van der Waals surface area contributed by atoms with E-state index in [1.54, 1.807) is 29.2 Å². The molecule has 0 bridgehead atoms. The van der Waals surface area contributed by atoms with E-state index < -0.39 is 10.0 Å². The molecule has 1 amide bonds. The van der Waals surface area contributed by atoms with E-state index in [9.17, 15) is 13.2 Å². The van der Waals surface area contributed by atoms with Crippen molar-refractivity contribution in [1.82, 2.24) is 9.62 Å². The largest absolute Gasteiger partial charge is 0.378 e. The third-order valence-corrected chi connectivity index (χ3v) is 6.05. The summed E-state index contributed by atoms with van der Waals surface area (Å²) >= 11 is 0. The van der Waals surface area contributed by atoms with Crippen LogP contribution in [0.15, 0.2) is 29.2 Å². The maximum Gasteiger partial charge on any atom is 0.240 e. The molecule has 140 valence electrons. The number of carbonyl (C=O) groups excluding carboxylic acids is 1. The van der Waals surface area contributed by atoms with E-state index in [0.29, 0.717) is 19.4 Å². The second-order valence-electron chi connectivity index (χ2n) is 6.44. The van der Waals surface area contributed by atoms with Gasteiger partial charge in [0.15, 0.2) is 0 Å². The van der Waals surface area contributed by atoms with E-state index >= 15 is 0 Å². The van der Waals surface area contributed by atoms with E-state index in [-0.39, 0.29) is 16.9 Å². The topological polar surface area (TPSA) is 75.7 Å². The Hall–Kier alpha value is -1.44. The standard InChI is InChI=1S/C18H28N2O4S/c1-19-25(22,23)17-9-6-15(7-10-17)8-11-18(21)20(2)13-12-16-5-3-4-14-24-16/h6-7,9-10,16,19H,3-5,8,11-14H2,1-2H3. The zero-order valence-electron chi connectivity index (χ0n) is 15.0. The van der Waals surface area contributed by atoms with E-state index in [2.05, 4.69) is 4.72 Å². The lowest BCUT2D eigenvalue weighted by atomic mass is 10.1. The van der Waals surface area contributed by atoms with Crippen molar-refractivity contribution in [2.45, 2.75) is 49.5 Å². The lowest BCUT2D eigenvalue weighted by molar-refractivity contribution is -0.130. The van der Waals surface area contributed by atoms with Gasteiger partial charge in [0.05, 0.1) is 11.0 Å². The Morgan fingerprint density at radius 1 is 1.28 bits per heavy atom. The van der Waals surface area contributed by atoms with Crippen LogP contribution in [0.3, 0.4) is 0 Å². The fourth-order valence-corrected chi connectivity index (χ4v) is 3.62. The number of carbonyl (C=O) groups is 1. The minimum Gasteiger partial charge on any atom is -0.378 e. The van der Waals surface area contributed by atoms with Gasteiger partial charge in [-0.25, -0.2) is 13.1 Å². The van der Waals surface area contributed by atoms with Gasteiger partial charge in [0.25, 0.3) is 0 Å². The van der Waals surface area contributed by atoms with Crippen LogP contribution in [0, 0.1) is 0 Å². The first-order chi connectivity index (χ1) is 11.9. The molecule has 1 unspecified atom stereocenters. The molecule has 1 saturated heterocycles. The fourth-order valence-electron chi connectivity index (χ4n) is 2.89. The lowest BCUT2D eigenvalue weighted by Gasteiger charge is -2.25. The van der Waals surface area contributed by atoms with Crippen LogP contribution >= 0.6 is 0 Å². The molecule has 1 aromatic carbocycles. The van der Waals surface area contributed by atoms with Crippen LogP contribution in [0.1, 0.15) is 37.7 Å². The highest BCUT2D eigenvalue weighted by atomic mass is 32.2. The number of hydrogen-bond donors (Lipinski definition) is 1. The lowest BCUT2D eigenvalue weighted by Crippen LogP contribution is -2.31. The zero-order valence-corrected chi connectivity index (χ0v) is 15.8. The highest BCUT2D eigenvalue weighted by Crippen LogP contribution is 2.16. The van der Waals surface area contributed by atoms with Crippen LogP contribution in [0.25, 0.3) is 0 Å². The number of ether oxygens (including phenoxy) is 1. The molecular weight excluding hydrogens is 340 g/mol. The minimum absolute atomic E-state index is 0.0998. The smallest absolute Gasteiger partial charge is 0.240 e. The van der Waals surface area contributed by atoms with Crippen LogP contribution in [0.4, 0.5) is 0 Å². The Labute approximate surface area is 150 Å². The third kappa shape index (κ3) is 6.09. The summed E-state index contributed by atoms with van der Waals surface area (Å²) in [5.41, 5.74) is 0.951. The number of sulfonamides is 1. The summed E-state index contributed by atoms with van der Waals surface area (Å²) in [6, 6.07) is 6.65. The van der Waals surface area contributed by atoms with Crippen LogP contribution in [-0.4, -0.2) is 52.6 Å². The van der Waals surface area contributed by atoms with Crippen molar-refractivity contribution in [3.63, 3.8) is 0 Å². The molecule has 1 atom stereocenters. The van der Waals surface area contributed by atoms with Crippen LogP contribution in [-0.2, 0) is 26.0 Å². The molecule has 1 aliphatic heterocycles. The Kier molecular flexibility index (Phi) is 7.40. The molecular formula is C18H28N2O4S. The average molecular weight is 368 g/mol. The van der Waals surface area contributed by atoms with Gasteiger partial charge in [0.2, 0.25) is 15.9 Å². The SMILES string of the molecule is CNS(=O)(=O)c1ccc(CCC(=O)N(C)CCC2CCCCO2)cc1. The van der Waals surface area contributed by atoms with Gasteiger partial charge in [-0.2, -0.15) is 0 Å². The maximum absolute atomic E-state index is 12.2. The first-order valence-electron chi connectivity index (χ1n) is 8.80. The van der Waals surface area contributed by atoms with Crippen molar-refractivity contribution in [2.75, 3.05) is 27.2 Å². The number of benzene rings is 1. The number of nitrogens with one attached hydrogen (secondary N) is 1. The van der Waals surface area contributed by atoms with E-state index in [4.69, 9.17) is 4.74 Å². The molecule has 0 spiro atoms. The molecule has 0 aromatic heterocycles. The molecule has 1 aliphatic rings. The van der Waals surface area contributed by atoms with Gasteiger partial charge in [0.1, 0.15) is 0 Å². The van der Waals surface area contributed by atoms with Crippen LogP contribution in [0.5, 0.6) is 0 Å². The van der Waals surface area contributed by atoms with Gasteiger partial charge in [-0.3, -0.25) is 4.79 Å². The molecule has 1 heterocycles. The molecule has 7 heteroatoms. The minimum atomic E-state index is -3.41. The molecule has 0 aliphatic carbocycles. The number of hydrogen-bond acceptors (Lipinski definition) is 4. The molecule has 0 saturated carbocycles. The van der Waals surface area contributed by atoms with Gasteiger partial charge in [0, 0.05) is 26.6 Å². The van der Waals surface area contributed by atoms with Crippen molar-refractivity contribution in [3.8, 4) is 0 Å². The van der Waals surface area contributed by atoms with Crippen LogP contribution < -0.4 is 4.72 Å². The fraction of sp³-hybridized carbons (Fsp3) is 0.611. The summed E-state index contributed by atoms with van der Waals surface area (Å²) in [5, 5.41) is 0. The number of rotatable bonds is 8. The summed E-state index contributed by atoms with van der Waals surface area (Å²) in [6.07, 6.45) is 5.62. The first-order valence-corrected chi connectivity index (χ1v) is 10.3. The summed E-state index contributed by atoms with van der Waals surface area (Å²) in [6.45, 7) is 1.55. The summed E-state index contributed by atoms with van der Waals surface area (Å²) in [4.78, 5) is 14.2. The Morgan fingerprint density at radius 2 is 2.00 bits per heavy atom. The van der Waals surface area contributed by atoms with Crippen LogP contribution in [0.2, 0.25) is 0 Å². The van der Waals surface area contributed by atoms with E-state index in [1.165, 1.54) is 13.5 Å². The average Bonchev–Trinajstić information content (AvgIpc) is 2.65. The van der Waals surface area contributed by atoms with Crippen molar-refractivity contribution < 1.29 is 17.9 Å². The molecule has 6 nitrogen and oxygen atoms in total. The predicted molar refractivity (Wildman–Crippen MR) is 96.9 cm³/mol. The molecule has 0 radical (unpaired) electrons. The van der Waals surface area contributed by atoms with Gasteiger partial charge in [-0.1, -0.05) is 12.1 Å². The Bertz CT molecular complexity index is 652. The molecule has 1 fully saturated rings. The van der Waals surface area contributed by atoms with Crippen molar-refractivity contribution >= 4 is 15.9 Å². The second kappa shape index (κ2) is 9.31. The van der Waals surface area contributed by atoms with E-state index in [1.807, 2.05) is 7.05 Å². The number of aryl methyl sites for hydroxylation is 1.